The fourth-order valence-electron chi connectivity index (χ4n) is 5.06. The largest absolute Gasteiger partial charge is 0.415 e. The minimum atomic E-state index is -2.34. The van der Waals surface area contributed by atoms with Gasteiger partial charge in [0.2, 0.25) is 5.79 Å². The molecule has 0 radical (unpaired) electrons. The molecule has 1 saturated heterocycles. The predicted molar refractivity (Wildman–Crippen MR) is 201 cm³/mol. The van der Waals surface area contributed by atoms with Crippen molar-refractivity contribution < 1.29 is 46.5 Å². The summed E-state index contributed by atoms with van der Waals surface area (Å²) < 4.78 is 57.8. The van der Waals surface area contributed by atoms with Crippen LogP contribution in [0.25, 0.3) is 0 Å². The molecule has 1 aromatic carbocycles. The summed E-state index contributed by atoms with van der Waals surface area (Å²) in [4.78, 5) is 0. The quantitative estimate of drug-likeness (QED) is 0.120. The highest BCUT2D eigenvalue weighted by molar-refractivity contribution is 6.71. The van der Waals surface area contributed by atoms with Crippen LogP contribution in [0, 0.1) is 0 Å². The van der Waals surface area contributed by atoms with Crippen molar-refractivity contribution >= 4 is 33.3 Å². The molecule has 0 aliphatic carbocycles. The van der Waals surface area contributed by atoms with E-state index in [4.69, 9.17) is 41.4 Å². The van der Waals surface area contributed by atoms with Crippen LogP contribution in [0.3, 0.4) is 0 Å². The van der Waals surface area contributed by atoms with Crippen LogP contribution in [0.15, 0.2) is 18.2 Å². The van der Waals surface area contributed by atoms with E-state index in [1.165, 1.54) is 0 Å². The number of rotatable bonds is 18. The third kappa shape index (κ3) is 14.0. The standard InChI is InChI=1S/C34H68O10Si4/c1-32(2,36-5)38-22-25-19-20-26(23-39-33(3,4)37-6)27(21-25)34(35)31(44-48(16,17)18)30(43-47(13,14)15)29(42-46(10,11)12)28(41-34)24-40-45(7,8)9/h19-21,28-31,35H,22-24H2,1-18H3/t28-,29-,30+,31-,34?/m1/s1. The van der Waals surface area contributed by atoms with Gasteiger partial charge in [0.25, 0.3) is 0 Å². The van der Waals surface area contributed by atoms with Gasteiger partial charge in [-0.2, -0.15) is 0 Å². The van der Waals surface area contributed by atoms with Crippen LogP contribution in [0.4, 0.5) is 0 Å². The maximum atomic E-state index is 13.3. The Balaban J connectivity index is 2.93. The second-order valence-electron chi connectivity index (χ2n) is 17.6. The number of aliphatic hydroxyl groups is 1. The van der Waals surface area contributed by atoms with E-state index in [-0.39, 0.29) is 19.8 Å². The molecule has 1 aromatic rings. The number of hydrogen-bond donors (Lipinski definition) is 1. The van der Waals surface area contributed by atoms with Crippen molar-refractivity contribution in [1.82, 2.24) is 0 Å². The van der Waals surface area contributed by atoms with E-state index in [0.29, 0.717) is 5.56 Å². The molecule has 0 aromatic heterocycles. The zero-order chi connectivity index (χ0) is 37.1. The molecule has 1 heterocycles. The lowest BCUT2D eigenvalue weighted by atomic mass is 9.85. The van der Waals surface area contributed by atoms with Crippen LogP contribution in [0.2, 0.25) is 78.6 Å². The molecule has 1 unspecified atom stereocenters. The Bertz CT molecular complexity index is 1170. The van der Waals surface area contributed by atoms with Crippen LogP contribution in [-0.2, 0) is 60.4 Å². The number of methoxy groups -OCH3 is 2. The first-order chi connectivity index (χ1) is 21.5. The Hall–Kier alpha value is -0.312. The minimum absolute atomic E-state index is 0.149. The monoisotopic (exact) mass is 748 g/mol. The minimum Gasteiger partial charge on any atom is -0.415 e. The molecule has 0 bridgehead atoms. The first-order valence-electron chi connectivity index (χ1n) is 17.1. The Morgan fingerprint density at radius 2 is 1.17 bits per heavy atom. The van der Waals surface area contributed by atoms with Gasteiger partial charge in [-0.3, -0.25) is 0 Å². The van der Waals surface area contributed by atoms with Gasteiger partial charge in [0.05, 0.1) is 19.8 Å². The van der Waals surface area contributed by atoms with Crippen molar-refractivity contribution in [3.8, 4) is 0 Å². The lowest BCUT2D eigenvalue weighted by molar-refractivity contribution is -0.349. The Morgan fingerprint density at radius 3 is 1.62 bits per heavy atom. The molecule has 0 spiro atoms. The van der Waals surface area contributed by atoms with Crippen LogP contribution >= 0.6 is 0 Å². The number of hydrogen-bond acceptors (Lipinski definition) is 10. The summed E-state index contributed by atoms with van der Waals surface area (Å²) in [6, 6.07) is 5.83. The summed E-state index contributed by atoms with van der Waals surface area (Å²) in [6.45, 7) is 33.7. The lowest BCUT2D eigenvalue weighted by Crippen LogP contribution is -2.69. The molecule has 0 saturated carbocycles. The van der Waals surface area contributed by atoms with Gasteiger partial charge in [0.1, 0.15) is 24.4 Å². The van der Waals surface area contributed by atoms with Crippen molar-refractivity contribution in [3.63, 3.8) is 0 Å². The summed E-state index contributed by atoms with van der Waals surface area (Å²) in [6.07, 6.45) is -2.72. The highest BCUT2D eigenvalue weighted by atomic mass is 28.4. The highest BCUT2D eigenvalue weighted by Crippen LogP contribution is 2.45. The Morgan fingerprint density at radius 1 is 0.688 bits per heavy atom. The molecule has 1 fully saturated rings. The molecular formula is C34H68O10Si4. The average Bonchev–Trinajstić information content (AvgIpc) is 2.91. The molecule has 280 valence electrons. The Kier molecular flexibility index (Phi) is 14.8. The van der Waals surface area contributed by atoms with E-state index in [2.05, 4.69) is 78.6 Å². The molecule has 2 rings (SSSR count). The summed E-state index contributed by atoms with van der Waals surface area (Å²) in [5.41, 5.74) is 2.07. The fraction of sp³-hybridized carbons (Fsp3) is 0.824. The highest BCUT2D eigenvalue weighted by Gasteiger charge is 2.59. The normalized spacial score (nSPS) is 25.1. The number of ether oxygens (including phenoxy) is 5. The zero-order valence-corrected chi connectivity index (χ0v) is 37.3. The topological polar surface area (TPSA) is 103 Å². The second-order valence-corrected chi connectivity index (χ2v) is 35.5. The molecule has 1 aliphatic heterocycles. The predicted octanol–water partition coefficient (Wildman–Crippen LogP) is 7.54. The van der Waals surface area contributed by atoms with Crippen LogP contribution in [0.1, 0.15) is 44.4 Å². The van der Waals surface area contributed by atoms with Gasteiger partial charge in [-0.1, -0.05) is 12.1 Å². The second kappa shape index (κ2) is 16.1. The summed E-state index contributed by atoms with van der Waals surface area (Å²) in [7, 11) is -5.52. The third-order valence-electron chi connectivity index (χ3n) is 7.55. The molecule has 1 N–H and O–H groups in total. The van der Waals surface area contributed by atoms with Gasteiger partial charge >= 0.3 is 0 Å². The van der Waals surface area contributed by atoms with E-state index < -0.39 is 75.0 Å². The number of benzene rings is 1. The van der Waals surface area contributed by atoms with Crippen molar-refractivity contribution in [3.05, 3.63) is 34.9 Å². The van der Waals surface area contributed by atoms with Gasteiger partial charge in [-0.25, -0.2) is 0 Å². The SMILES string of the molecule is COC(C)(C)OCc1ccc(COC(C)(C)OC)c(C2(O)O[C@H](CO[Si](C)(C)C)[C@@H](O[Si](C)(C)C)[C@H](O[Si](C)(C)C)[C@H]2O[Si](C)(C)C)c1. The van der Waals surface area contributed by atoms with Crippen molar-refractivity contribution in [2.24, 2.45) is 0 Å². The first-order valence-corrected chi connectivity index (χ1v) is 30.7. The lowest BCUT2D eigenvalue weighted by Gasteiger charge is -2.54. The molecule has 14 heteroatoms. The molecule has 10 nitrogen and oxygen atoms in total. The van der Waals surface area contributed by atoms with Gasteiger partial charge < -0.3 is 46.5 Å². The Labute approximate surface area is 295 Å². The average molecular weight is 749 g/mol. The van der Waals surface area contributed by atoms with E-state index in [0.717, 1.165) is 11.1 Å². The van der Waals surface area contributed by atoms with Crippen LogP contribution in [0.5, 0.6) is 0 Å². The van der Waals surface area contributed by atoms with E-state index in [9.17, 15) is 5.11 Å². The first kappa shape index (κ1) is 43.9. The fourth-order valence-corrected chi connectivity index (χ4v) is 8.96. The summed E-state index contributed by atoms with van der Waals surface area (Å²) in [5.74, 6) is -3.62. The molecular weight excluding hydrogens is 681 g/mol. The van der Waals surface area contributed by atoms with Gasteiger partial charge in [0, 0.05) is 19.8 Å². The third-order valence-corrected chi connectivity index (χ3v) is 11.5. The molecule has 48 heavy (non-hydrogen) atoms. The van der Waals surface area contributed by atoms with Gasteiger partial charge in [-0.15, -0.1) is 0 Å². The van der Waals surface area contributed by atoms with Gasteiger partial charge in [-0.05, 0) is 123 Å². The maximum Gasteiger partial charge on any atom is 0.221 e. The summed E-state index contributed by atoms with van der Waals surface area (Å²) >= 11 is 0. The smallest absolute Gasteiger partial charge is 0.221 e. The van der Waals surface area contributed by atoms with E-state index in [1.807, 2.05) is 45.9 Å². The zero-order valence-electron chi connectivity index (χ0n) is 33.3. The van der Waals surface area contributed by atoms with E-state index in [1.54, 1.807) is 14.2 Å². The van der Waals surface area contributed by atoms with E-state index >= 15 is 0 Å². The molecule has 1 aliphatic rings. The van der Waals surface area contributed by atoms with Crippen LogP contribution < -0.4 is 0 Å². The van der Waals surface area contributed by atoms with Crippen molar-refractivity contribution in [2.45, 2.75) is 161 Å². The van der Waals surface area contributed by atoms with Crippen LogP contribution in [-0.4, -0.2) is 95.2 Å². The van der Waals surface area contributed by atoms with Crippen molar-refractivity contribution in [2.75, 3.05) is 20.8 Å². The van der Waals surface area contributed by atoms with Crippen molar-refractivity contribution in [1.29, 1.82) is 0 Å². The maximum absolute atomic E-state index is 13.3. The van der Waals surface area contributed by atoms with Gasteiger partial charge in [0.15, 0.2) is 44.8 Å². The summed E-state index contributed by atoms with van der Waals surface area (Å²) in [5, 5.41) is 13.3. The molecule has 0 amide bonds. The molecule has 5 atom stereocenters.